The Bertz CT molecular complexity index is 407. The summed E-state index contributed by atoms with van der Waals surface area (Å²) in [6.45, 7) is 4.94. The summed E-state index contributed by atoms with van der Waals surface area (Å²) in [6, 6.07) is 0.448. The van der Waals surface area contributed by atoms with Gasteiger partial charge in [-0.15, -0.1) is 0 Å². The first-order valence-electron chi connectivity index (χ1n) is 9.67. The molecule has 3 N–H and O–H groups in total. The lowest BCUT2D eigenvalue weighted by molar-refractivity contribution is -0.121. The van der Waals surface area contributed by atoms with E-state index in [-0.39, 0.29) is 5.91 Å². The third kappa shape index (κ3) is 9.65. The molecule has 7 heteroatoms. The molecule has 0 aromatic heterocycles. The van der Waals surface area contributed by atoms with Crippen LogP contribution in [0.1, 0.15) is 44.9 Å². The lowest BCUT2D eigenvalue weighted by Crippen LogP contribution is -2.38. The first-order valence-corrected chi connectivity index (χ1v) is 9.67. The Balaban J connectivity index is 1.40. The fraction of sp³-hybridized carbons (Fsp3) is 0.889. The number of hydrogen-bond acceptors (Lipinski definition) is 4. The summed E-state index contributed by atoms with van der Waals surface area (Å²) < 4.78 is 11.1. The van der Waals surface area contributed by atoms with Gasteiger partial charge in [0.1, 0.15) is 0 Å². The van der Waals surface area contributed by atoms with E-state index < -0.39 is 0 Å². The zero-order valence-corrected chi connectivity index (χ0v) is 15.5. The minimum Gasteiger partial charge on any atom is -0.381 e. The second kappa shape index (κ2) is 12.1. The first kappa shape index (κ1) is 20.0. The van der Waals surface area contributed by atoms with Crippen LogP contribution in [0, 0.1) is 5.92 Å². The molecular weight excluding hydrogens is 320 g/mol. The summed E-state index contributed by atoms with van der Waals surface area (Å²) >= 11 is 0. The molecule has 0 bridgehead atoms. The van der Waals surface area contributed by atoms with Gasteiger partial charge in [0.2, 0.25) is 5.91 Å². The first-order chi connectivity index (χ1) is 12.3. The Morgan fingerprint density at radius 1 is 1.12 bits per heavy atom. The van der Waals surface area contributed by atoms with Gasteiger partial charge in [-0.3, -0.25) is 9.79 Å². The predicted octanol–water partition coefficient (Wildman–Crippen LogP) is 1.04. The Kier molecular flexibility index (Phi) is 9.66. The second-order valence-electron chi connectivity index (χ2n) is 6.86. The van der Waals surface area contributed by atoms with Crippen LogP contribution < -0.4 is 16.0 Å². The molecule has 1 saturated heterocycles. The van der Waals surface area contributed by atoms with Gasteiger partial charge < -0.3 is 25.4 Å². The zero-order valence-electron chi connectivity index (χ0n) is 15.5. The average molecular weight is 354 g/mol. The van der Waals surface area contributed by atoms with Crippen LogP contribution in [0.15, 0.2) is 4.99 Å². The van der Waals surface area contributed by atoms with Crippen molar-refractivity contribution in [2.24, 2.45) is 10.9 Å². The molecule has 0 spiro atoms. The summed E-state index contributed by atoms with van der Waals surface area (Å²) in [5.74, 6) is 1.61. The Morgan fingerprint density at radius 3 is 2.52 bits per heavy atom. The molecule has 0 aromatic rings. The molecule has 1 amide bonds. The minimum absolute atomic E-state index is 0.161. The molecule has 1 aliphatic heterocycles. The third-order valence-electron chi connectivity index (χ3n) is 4.49. The number of nitrogens with one attached hydrogen (secondary N) is 3. The Hall–Kier alpha value is -1.34. The number of ether oxygens (including phenoxy) is 2. The van der Waals surface area contributed by atoms with Gasteiger partial charge in [0.25, 0.3) is 0 Å². The number of aliphatic imine (C=N–C) groups is 1. The molecule has 2 rings (SSSR count). The molecule has 7 nitrogen and oxygen atoms in total. The van der Waals surface area contributed by atoms with Crippen molar-refractivity contribution in [3.05, 3.63) is 0 Å². The van der Waals surface area contributed by atoms with Crippen molar-refractivity contribution in [3.63, 3.8) is 0 Å². The molecule has 2 aliphatic rings. The van der Waals surface area contributed by atoms with Crippen molar-refractivity contribution >= 4 is 11.9 Å². The summed E-state index contributed by atoms with van der Waals surface area (Å²) in [7, 11) is 1.76. The van der Waals surface area contributed by atoms with Crippen molar-refractivity contribution in [1.29, 1.82) is 0 Å². The topological polar surface area (TPSA) is 84.0 Å². The highest BCUT2D eigenvalue weighted by Gasteiger charge is 2.22. The van der Waals surface area contributed by atoms with Crippen molar-refractivity contribution in [1.82, 2.24) is 16.0 Å². The van der Waals surface area contributed by atoms with E-state index in [9.17, 15) is 4.79 Å². The van der Waals surface area contributed by atoms with Crippen molar-refractivity contribution in [2.75, 3.05) is 46.6 Å². The second-order valence-corrected chi connectivity index (χ2v) is 6.86. The molecule has 0 atom stereocenters. The van der Waals surface area contributed by atoms with Crippen LogP contribution in [0.25, 0.3) is 0 Å². The lowest BCUT2D eigenvalue weighted by atomic mass is 10.0. The van der Waals surface area contributed by atoms with E-state index in [4.69, 9.17) is 9.47 Å². The summed E-state index contributed by atoms with van der Waals surface area (Å²) in [4.78, 5) is 15.8. The maximum atomic E-state index is 11.6. The number of rotatable bonds is 11. The monoisotopic (exact) mass is 354 g/mol. The van der Waals surface area contributed by atoms with E-state index in [1.54, 1.807) is 7.05 Å². The van der Waals surface area contributed by atoms with Crippen LogP contribution in [0.4, 0.5) is 0 Å². The van der Waals surface area contributed by atoms with Crippen LogP contribution in [0.5, 0.6) is 0 Å². The summed E-state index contributed by atoms with van der Waals surface area (Å²) in [5.41, 5.74) is 0. The van der Waals surface area contributed by atoms with E-state index in [0.717, 1.165) is 84.0 Å². The van der Waals surface area contributed by atoms with Crippen LogP contribution in [0.3, 0.4) is 0 Å². The SMILES string of the molecule is CN=C(NCCCOCC1CCOCC1)NCCCC(=O)NC1CC1. The zero-order chi connectivity index (χ0) is 17.7. The van der Waals surface area contributed by atoms with Crippen LogP contribution in [-0.4, -0.2) is 64.5 Å². The average Bonchev–Trinajstić information content (AvgIpc) is 3.44. The number of nitrogens with zero attached hydrogens (tertiary/aromatic N) is 1. The molecule has 1 heterocycles. The number of carbonyl (C=O) groups is 1. The molecule has 25 heavy (non-hydrogen) atoms. The maximum Gasteiger partial charge on any atom is 0.220 e. The van der Waals surface area contributed by atoms with E-state index in [2.05, 4.69) is 20.9 Å². The van der Waals surface area contributed by atoms with Crippen LogP contribution >= 0.6 is 0 Å². The van der Waals surface area contributed by atoms with Gasteiger partial charge in [-0.1, -0.05) is 0 Å². The molecule has 144 valence electrons. The van der Waals surface area contributed by atoms with Crippen molar-refractivity contribution in [3.8, 4) is 0 Å². The molecular formula is C18H34N4O3. The largest absolute Gasteiger partial charge is 0.381 e. The highest BCUT2D eigenvalue weighted by molar-refractivity contribution is 5.79. The summed E-state index contributed by atoms with van der Waals surface area (Å²) in [5, 5.41) is 9.52. The normalized spacial score (nSPS) is 18.8. The molecule has 2 fully saturated rings. The minimum atomic E-state index is 0.161. The Labute approximate surface area is 151 Å². The van der Waals surface area contributed by atoms with Gasteiger partial charge in [0.15, 0.2) is 5.96 Å². The quantitative estimate of drug-likeness (QED) is 0.293. The lowest BCUT2D eigenvalue weighted by Gasteiger charge is -2.21. The van der Waals surface area contributed by atoms with E-state index >= 15 is 0 Å². The van der Waals surface area contributed by atoms with E-state index in [1.807, 2.05) is 0 Å². The van der Waals surface area contributed by atoms with Crippen LogP contribution in [-0.2, 0) is 14.3 Å². The summed E-state index contributed by atoms with van der Waals surface area (Å²) in [6.07, 6.45) is 6.85. The molecule has 1 aliphatic carbocycles. The molecule has 0 unspecified atom stereocenters. The van der Waals surface area contributed by atoms with E-state index in [0.29, 0.717) is 18.4 Å². The number of carbonyl (C=O) groups excluding carboxylic acids is 1. The van der Waals surface area contributed by atoms with Gasteiger partial charge in [-0.25, -0.2) is 0 Å². The van der Waals surface area contributed by atoms with Gasteiger partial charge >= 0.3 is 0 Å². The molecule has 1 saturated carbocycles. The molecule has 0 aromatic carbocycles. The smallest absolute Gasteiger partial charge is 0.220 e. The predicted molar refractivity (Wildman–Crippen MR) is 98.7 cm³/mol. The highest BCUT2D eigenvalue weighted by atomic mass is 16.5. The Morgan fingerprint density at radius 2 is 1.84 bits per heavy atom. The van der Waals surface area contributed by atoms with E-state index in [1.165, 1.54) is 0 Å². The number of guanidine groups is 1. The van der Waals surface area contributed by atoms with Crippen molar-refractivity contribution in [2.45, 2.75) is 51.0 Å². The maximum absolute atomic E-state index is 11.6. The molecule has 0 radical (unpaired) electrons. The number of amides is 1. The standard InChI is InChI=1S/C18H34N4O3/c1-19-18(20-9-2-4-17(23)22-16-5-6-16)21-10-3-11-25-14-15-7-12-24-13-8-15/h15-16H,2-14H2,1H3,(H,22,23)(H2,19,20,21). The van der Waals surface area contributed by atoms with Gasteiger partial charge in [-0.2, -0.15) is 0 Å². The van der Waals surface area contributed by atoms with Crippen LogP contribution in [0.2, 0.25) is 0 Å². The fourth-order valence-corrected chi connectivity index (χ4v) is 2.75. The third-order valence-corrected chi connectivity index (χ3v) is 4.49. The fourth-order valence-electron chi connectivity index (χ4n) is 2.75. The van der Waals surface area contributed by atoms with Gasteiger partial charge in [0, 0.05) is 59.0 Å². The van der Waals surface area contributed by atoms with Crippen molar-refractivity contribution < 1.29 is 14.3 Å². The highest BCUT2D eigenvalue weighted by Crippen LogP contribution is 2.18. The van der Waals surface area contributed by atoms with Gasteiger partial charge in [-0.05, 0) is 44.4 Å². The van der Waals surface area contributed by atoms with Gasteiger partial charge in [0.05, 0.1) is 0 Å². The number of hydrogen-bond donors (Lipinski definition) is 3.